The molecule has 38 heavy (non-hydrogen) atoms. The Balaban J connectivity index is 1.25. The summed E-state index contributed by atoms with van der Waals surface area (Å²) >= 11 is 4.83. The highest BCUT2D eigenvalue weighted by Crippen LogP contribution is 2.44. The second-order valence-corrected chi connectivity index (χ2v) is 12.3. The third-order valence-corrected chi connectivity index (χ3v) is 10.1. The van der Waals surface area contributed by atoms with Gasteiger partial charge in [0.05, 0.1) is 0 Å². The summed E-state index contributed by atoms with van der Waals surface area (Å²) in [6.07, 6.45) is 0. The average molecular weight is 593 g/mol. The van der Waals surface area contributed by atoms with Gasteiger partial charge in [-0.15, -0.1) is 22.0 Å². The maximum Gasteiger partial charge on any atom is 0.313 e. The van der Waals surface area contributed by atoms with Gasteiger partial charge in [0.15, 0.2) is 9.47 Å². The number of rotatable bonds is 10. The fraction of sp³-hybridized carbons (Fsp3) is 0.333. The molecule has 198 valence electrons. The lowest BCUT2D eigenvalue weighted by atomic mass is 9.89. The molecular formula is C21H20N8O5S4. The summed E-state index contributed by atoms with van der Waals surface area (Å²) in [5.74, 6) is -1.58. The number of thioether (sulfide) groups is 2. The largest absolute Gasteiger partial charge is 0.481 e. The van der Waals surface area contributed by atoms with Crippen LogP contribution < -0.4 is 11.1 Å². The maximum atomic E-state index is 13.2. The van der Waals surface area contributed by atoms with E-state index in [0.717, 1.165) is 17.1 Å². The van der Waals surface area contributed by atoms with E-state index < -0.39 is 28.7 Å². The van der Waals surface area contributed by atoms with Crippen molar-refractivity contribution in [3.8, 4) is 0 Å². The molecule has 4 N–H and O–H groups in total. The van der Waals surface area contributed by atoms with Crippen molar-refractivity contribution in [2.75, 3.05) is 23.8 Å². The molecule has 2 aliphatic rings. The Hall–Kier alpha value is -3.28. The van der Waals surface area contributed by atoms with E-state index in [2.05, 4.69) is 30.0 Å². The molecular weight excluding hydrogens is 573 g/mol. The summed E-state index contributed by atoms with van der Waals surface area (Å²) in [6, 6.07) is 8.41. The number of nitrogens with two attached hydrogens (primary N) is 1. The van der Waals surface area contributed by atoms with Crippen molar-refractivity contribution in [2.45, 2.75) is 22.4 Å². The highest BCUT2D eigenvalue weighted by molar-refractivity contribution is 8.01. The first-order valence-corrected chi connectivity index (χ1v) is 14.7. The molecule has 2 aliphatic heterocycles. The van der Waals surface area contributed by atoms with Crippen molar-refractivity contribution in [3.63, 3.8) is 0 Å². The third kappa shape index (κ3) is 5.45. The van der Waals surface area contributed by atoms with Gasteiger partial charge in [-0.2, -0.15) is 9.36 Å². The fourth-order valence-electron chi connectivity index (χ4n) is 3.80. The lowest BCUT2D eigenvalue weighted by Gasteiger charge is -2.53. The first-order chi connectivity index (χ1) is 18.4. The molecule has 2 unspecified atom stereocenters. The number of amides is 2. The van der Waals surface area contributed by atoms with Gasteiger partial charge in [0.1, 0.15) is 28.9 Å². The van der Waals surface area contributed by atoms with Crippen LogP contribution >= 0.6 is 46.4 Å². The van der Waals surface area contributed by atoms with Crippen molar-refractivity contribution in [1.29, 1.82) is 0 Å². The van der Waals surface area contributed by atoms with E-state index in [0.29, 0.717) is 4.34 Å². The highest BCUT2D eigenvalue weighted by Gasteiger charge is 2.57. The summed E-state index contributed by atoms with van der Waals surface area (Å²) in [7, 11) is 0. The van der Waals surface area contributed by atoms with E-state index in [1.807, 2.05) is 30.3 Å². The zero-order valence-corrected chi connectivity index (χ0v) is 22.7. The number of carboxylic acids is 1. The van der Waals surface area contributed by atoms with Crippen LogP contribution in [-0.4, -0.2) is 82.5 Å². The van der Waals surface area contributed by atoms with Crippen LogP contribution in [-0.2, 0) is 25.8 Å². The lowest BCUT2D eigenvalue weighted by Crippen LogP contribution is -2.74. The number of hydrogen-bond donors (Lipinski definition) is 3. The van der Waals surface area contributed by atoms with Gasteiger partial charge in [-0.1, -0.05) is 58.6 Å². The van der Waals surface area contributed by atoms with Crippen molar-refractivity contribution < 1.29 is 24.3 Å². The third-order valence-electron chi connectivity index (χ3n) is 5.80. The number of oxime groups is 1. The monoisotopic (exact) mass is 592 g/mol. The van der Waals surface area contributed by atoms with Gasteiger partial charge in [0, 0.05) is 29.6 Å². The van der Waals surface area contributed by atoms with Crippen LogP contribution in [0.2, 0.25) is 0 Å². The Morgan fingerprint density at radius 2 is 2.16 bits per heavy atom. The second-order valence-electron chi connectivity index (χ2n) is 8.35. The van der Waals surface area contributed by atoms with Crippen molar-refractivity contribution in [3.05, 3.63) is 47.2 Å². The number of aliphatic carboxylic acids is 1. The number of aromatic nitrogens is 4. The minimum atomic E-state index is -1.15. The molecule has 13 nitrogen and oxygen atoms in total. The smallest absolute Gasteiger partial charge is 0.313 e. The highest BCUT2D eigenvalue weighted by atomic mass is 32.2. The number of carbonyl (C=O) groups is 3. The predicted octanol–water partition coefficient (Wildman–Crippen LogP) is 1.16. The molecule has 0 spiro atoms. The van der Waals surface area contributed by atoms with Crippen LogP contribution in [0.25, 0.3) is 0 Å². The van der Waals surface area contributed by atoms with Gasteiger partial charge in [0.2, 0.25) is 17.4 Å². The van der Waals surface area contributed by atoms with Crippen LogP contribution in [0, 0.1) is 5.41 Å². The molecule has 3 aromatic rings. The number of nitrogens with one attached hydrogen (secondary N) is 1. The summed E-state index contributed by atoms with van der Waals surface area (Å²) in [5, 5.41) is 24.1. The normalized spacial score (nSPS) is 22.9. The Kier molecular flexibility index (Phi) is 7.78. The van der Waals surface area contributed by atoms with Crippen LogP contribution in [0.5, 0.6) is 0 Å². The second kappa shape index (κ2) is 11.2. The number of anilines is 1. The van der Waals surface area contributed by atoms with Crippen LogP contribution in [0.4, 0.5) is 5.13 Å². The van der Waals surface area contributed by atoms with Crippen molar-refractivity contribution in [2.24, 2.45) is 10.6 Å². The number of hydrogen-bond acceptors (Lipinski definition) is 14. The summed E-state index contributed by atoms with van der Waals surface area (Å²) in [5.41, 5.74) is 6.74. The number of nitrogen functional groups attached to an aromatic ring is 1. The van der Waals surface area contributed by atoms with Crippen LogP contribution in [0.3, 0.4) is 0 Å². The standard InChI is InChI=1S/C21H20N8O5S4/c22-19-25-14(28-38-19)12(27-34-6-11-4-2-1-3-5-11)15(30)24-13-16(31)29-7-21(18(32)33,8-35-17(13)29)9-36-20-26-23-10-37-20/h1-5,10,13,17H,6-9H2,(H,24,30)(H,32,33)(H2,22,25,28)/t13?,17-,21?/m1/s1. The zero-order valence-electron chi connectivity index (χ0n) is 19.4. The topological polar surface area (TPSA) is 186 Å². The van der Waals surface area contributed by atoms with Crippen LogP contribution in [0.1, 0.15) is 11.4 Å². The van der Waals surface area contributed by atoms with E-state index in [4.69, 9.17) is 10.6 Å². The molecule has 17 heteroatoms. The van der Waals surface area contributed by atoms with E-state index in [9.17, 15) is 19.5 Å². The van der Waals surface area contributed by atoms with Crippen molar-refractivity contribution >= 4 is 75.0 Å². The molecule has 2 amide bonds. The van der Waals surface area contributed by atoms with Gasteiger partial charge < -0.3 is 25.9 Å². The minimum Gasteiger partial charge on any atom is -0.481 e. The molecule has 0 radical (unpaired) electrons. The summed E-state index contributed by atoms with van der Waals surface area (Å²) in [6.45, 7) is 0.139. The minimum absolute atomic E-state index is 0.0171. The predicted molar refractivity (Wildman–Crippen MR) is 143 cm³/mol. The summed E-state index contributed by atoms with van der Waals surface area (Å²) in [4.78, 5) is 49.3. The number of nitrogens with zero attached hydrogens (tertiary/aromatic N) is 6. The van der Waals surface area contributed by atoms with E-state index >= 15 is 0 Å². The first kappa shape index (κ1) is 26.3. The number of carbonyl (C=O) groups excluding carboxylic acids is 2. The van der Waals surface area contributed by atoms with Gasteiger partial charge in [-0.25, -0.2) is 0 Å². The first-order valence-electron chi connectivity index (χ1n) is 11.0. The average Bonchev–Trinajstić information content (AvgIpc) is 3.60. The van der Waals surface area contributed by atoms with Gasteiger partial charge >= 0.3 is 5.97 Å². The Bertz CT molecular complexity index is 1350. The van der Waals surface area contributed by atoms with Crippen molar-refractivity contribution in [1.82, 2.24) is 29.8 Å². The Morgan fingerprint density at radius 3 is 2.84 bits per heavy atom. The number of carboxylic acid groups (broad SMARTS) is 1. The molecule has 2 saturated heterocycles. The SMILES string of the molecule is Nc1nc(C(=NOCc2ccccc2)C(=O)NC2C(=O)N3CC(CSc4nncs4)(C(=O)O)CS[C@H]23)ns1. The molecule has 0 aliphatic carbocycles. The maximum absolute atomic E-state index is 13.2. The quantitative estimate of drug-likeness (QED) is 0.132. The number of fused-ring (bicyclic) bond motifs is 1. The van der Waals surface area contributed by atoms with Gasteiger partial charge in [-0.3, -0.25) is 14.4 Å². The molecule has 3 atom stereocenters. The molecule has 0 bridgehead atoms. The van der Waals surface area contributed by atoms with E-state index in [1.165, 1.54) is 39.8 Å². The van der Waals surface area contributed by atoms with E-state index in [-0.39, 0.29) is 47.2 Å². The fourth-order valence-corrected chi connectivity index (χ4v) is 7.59. The Morgan fingerprint density at radius 1 is 1.34 bits per heavy atom. The molecule has 0 saturated carbocycles. The lowest BCUT2D eigenvalue weighted by molar-refractivity contribution is -0.157. The van der Waals surface area contributed by atoms with Gasteiger partial charge in [0.25, 0.3) is 5.91 Å². The zero-order chi connectivity index (χ0) is 26.7. The molecule has 1 aromatic carbocycles. The number of β-lactam (4-membered cyclic amide) rings is 1. The number of benzene rings is 1. The summed E-state index contributed by atoms with van der Waals surface area (Å²) < 4.78 is 4.71. The van der Waals surface area contributed by atoms with Crippen LogP contribution in [0.15, 0.2) is 45.3 Å². The molecule has 5 rings (SSSR count). The molecule has 4 heterocycles. The van der Waals surface area contributed by atoms with E-state index in [1.54, 1.807) is 5.51 Å². The van der Waals surface area contributed by atoms with Gasteiger partial charge in [-0.05, 0) is 5.56 Å². The molecule has 2 fully saturated rings. The Labute approximate surface area is 232 Å². The molecule has 2 aromatic heterocycles.